The highest BCUT2D eigenvalue weighted by molar-refractivity contribution is 5.40. The maximum Gasteiger partial charge on any atom is 0.346 e. The Morgan fingerprint density at radius 2 is 1.78 bits per heavy atom. The third kappa shape index (κ3) is 1.92. The molecule has 1 aliphatic rings. The third-order valence-electron chi connectivity index (χ3n) is 2.77. The van der Waals surface area contributed by atoms with Crippen LogP contribution in [0, 0.1) is 10.1 Å². The molecule has 2 rings (SSSR count). The second-order valence-corrected chi connectivity index (χ2v) is 3.89. The predicted octanol–water partition coefficient (Wildman–Crippen LogP) is 3.07. The summed E-state index contributed by atoms with van der Waals surface area (Å²) in [6.07, 6.45) is -0.859. The van der Waals surface area contributed by atoms with Gasteiger partial charge in [-0.2, -0.15) is 8.78 Å². The van der Waals surface area contributed by atoms with Gasteiger partial charge in [0, 0.05) is 12.1 Å². The van der Waals surface area contributed by atoms with E-state index in [9.17, 15) is 27.7 Å². The fraction of sp³-hybridized carbons (Fsp3) is 0.400. The molecule has 0 spiro atoms. The van der Waals surface area contributed by atoms with Crippen molar-refractivity contribution in [2.75, 3.05) is 0 Å². The maximum atomic E-state index is 13.2. The smallest absolute Gasteiger partial charge is 0.305 e. The topological polar surface area (TPSA) is 52.4 Å². The summed E-state index contributed by atoms with van der Waals surface area (Å²) in [5.74, 6) is -3.39. The second-order valence-electron chi connectivity index (χ2n) is 3.89. The molecule has 0 saturated heterocycles. The normalized spacial score (nSPS) is 25.2. The Morgan fingerprint density at radius 1 is 1.28 bits per heavy atom. The minimum absolute atomic E-state index is 0.196. The number of nitrogens with zero attached hydrogens (tertiary/aromatic N) is 1. The Hall–Kier alpha value is -1.70. The number of ether oxygens (including phenoxy) is 1. The number of nitro benzene ring substituents is 1. The summed E-state index contributed by atoms with van der Waals surface area (Å²) in [4.78, 5) is 9.68. The zero-order valence-corrected chi connectivity index (χ0v) is 8.78. The number of halogens is 4. The van der Waals surface area contributed by atoms with Crippen LogP contribution in [-0.4, -0.2) is 17.5 Å². The van der Waals surface area contributed by atoms with Crippen LogP contribution in [0.3, 0.4) is 0 Å². The van der Waals surface area contributed by atoms with Crippen LogP contribution in [-0.2, 0) is 10.3 Å². The lowest BCUT2D eigenvalue weighted by molar-refractivity contribution is -0.384. The molecule has 1 saturated carbocycles. The molecule has 0 amide bonds. The van der Waals surface area contributed by atoms with Crippen molar-refractivity contribution in [3.05, 3.63) is 39.9 Å². The molecule has 0 aliphatic heterocycles. The van der Waals surface area contributed by atoms with E-state index in [1.807, 2.05) is 0 Å². The second kappa shape index (κ2) is 3.91. The minimum atomic E-state index is -3.39. The van der Waals surface area contributed by atoms with Crippen molar-refractivity contribution >= 4 is 5.69 Å². The van der Waals surface area contributed by atoms with Gasteiger partial charge in [0.15, 0.2) is 5.60 Å². The number of hydrogen-bond acceptors (Lipinski definition) is 3. The van der Waals surface area contributed by atoms with Gasteiger partial charge < -0.3 is 4.74 Å². The zero-order valence-electron chi connectivity index (χ0n) is 8.78. The van der Waals surface area contributed by atoms with Crippen molar-refractivity contribution in [2.24, 2.45) is 0 Å². The van der Waals surface area contributed by atoms with Gasteiger partial charge in [0.1, 0.15) is 0 Å². The fourth-order valence-electron chi connectivity index (χ4n) is 1.78. The molecule has 4 nitrogen and oxygen atoms in total. The van der Waals surface area contributed by atoms with Gasteiger partial charge in [-0.3, -0.25) is 10.1 Å². The molecule has 1 aliphatic carbocycles. The maximum absolute atomic E-state index is 13.2. The molecule has 1 aromatic carbocycles. The molecule has 18 heavy (non-hydrogen) atoms. The predicted molar refractivity (Wildman–Crippen MR) is 51.4 cm³/mol. The number of benzene rings is 1. The SMILES string of the molecule is O=[N+]([O-])c1ccc(C2(OC(F)F)CC2(F)F)cc1. The monoisotopic (exact) mass is 265 g/mol. The first-order chi connectivity index (χ1) is 8.28. The van der Waals surface area contributed by atoms with Crippen LogP contribution in [0.2, 0.25) is 0 Å². The Bertz CT molecular complexity index is 477. The Morgan fingerprint density at radius 3 is 2.11 bits per heavy atom. The van der Waals surface area contributed by atoms with Gasteiger partial charge in [-0.1, -0.05) is 0 Å². The van der Waals surface area contributed by atoms with Crippen LogP contribution in [0.4, 0.5) is 23.2 Å². The van der Waals surface area contributed by atoms with Crippen LogP contribution in [0.15, 0.2) is 24.3 Å². The van der Waals surface area contributed by atoms with Crippen molar-refractivity contribution in [3.8, 4) is 0 Å². The Labute approximate surface area is 98.3 Å². The number of hydrogen-bond donors (Lipinski definition) is 0. The third-order valence-corrected chi connectivity index (χ3v) is 2.77. The van der Waals surface area contributed by atoms with Crippen molar-refractivity contribution in [3.63, 3.8) is 0 Å². The summed E-state index contributed by atoms with van der Waals surface area (Å²) in [7, 11) is 0. The van der Waals surface area contributed by atoms with Crippen LogP contribution in [0.5, 0.6) is 0 Å². The molecule has 98 valence electrons. The molecule has 0 N–H and O–H groups in total. The first-order valence-electron chi connectivity index (χ1n) is 4.87. The van der Waals surface area contributed by atoms with Crippen LogP contribution >= 0.6 is 0 Å². The van der Waals surface area contributed by atoms with Gasteiger partial charge in [0.2, 0.25) is 0 Å². The van der Waals surface area contributed by atoms with Crippen molar-refractivity contribution in [1.29, 1.82) is 0 Å². The van der Waals surface area contributed by atoms with Gasteiger partial charge in [-0.25, -0.2) is 8.78 Å². The molecule has 8 heteroatoms. The molecule has 0 bridgehead atoms. The van der Waals surface area contributed by atoms with Gasteiger partial charge in [0.25, 0.3) is 11.6 Å². The summed E-state index contributed by atoms with van der Waals surface area (Å²) < 4.78 is 54.6. The van der Waals surface area contributed by atoms with E-state index >= 15 is 0 Å². The average molecular weight is 265 g/mol. The van der Waals surface area contributed by atoms with Gasteiger partial charge >= 0.3 is 6.61 Å². The van der Waals surface area contributed by atoms with E-state index in [4.69, 9.17) is 0 Å². The van der Waals surface area contributed by atoms with E-state index in [2.05, 4.69) is 4.74 Å². The van der Waals surface area contributed by atoms with Gasteiger partial charge in [0.05, 0.1) is 11.3 Å². The van der Waals surface area contributed by atoms with E-state index in [-0.39, 0.29) is 11.3 Å². The lowest BCUT2D eigenvalue weighted by Gasteiger charge is -2.17. The minimum Gasteiger partial charge on any atom is -0.305 e. The number of nitro groups is 1. The fourth-order valence-corrected chi connectivity index (χ4v) is 1.78. The van der Waals surface area contributed by atoms with E-state index in [1.54, 1.807) is 0 Å². The summed E-state index contributed by atoms with van der Waals surface area (Å²) in [5.41, 5.74) is -2.87. The molecule has 1 fully saturated rings. The Balaban J connectivity index is 2.31. The van der Waals surface area contributed by atoms with Gasteiger partial charge in [-0.15, -0.1) is 0 Å². The van der Waals surface area contributed by atoms with Crippen LogP contribution in [0.1, 0.15) is 12.0 Å². The van der Waals surface area contributed by atoms with Gasteiger partial charge in [-0.05, 0) is 17.7 Å². The van der Waals surface area contributed by atoms with Crippen molar-refractivity contribution in [2.45, 2.75) is 24.6 Å². The van der Waals surface area contributed by atoms with Crippen LogP contribution < -0.4 is 0 Å². The molecule has 0 heterocycles. The highest BCUT2D eigenvalue weighted by Crippen LogP contribution is 2.62. The molecular formula is C10H7F4NO3. The van der Waals surface area contributed by atoms with E-state index in [0.29, 0.717) is 0 Å². The Kier molecular flexibility index (Phi) is 2.77. The summed E-state index contributed by atoms with van der Waals surface area (Å²) in [6.45, 7) is -3.34. The molecule has 0 aromatic heterocycles. The molecule has 1 aromatic rings. The summed E-state index contributed by atoms with van der Waals surface area (Å²) >= 11 is 0. The largest absolute Gasteiger partial charge is 0.346 e. The van der Waals surface area contributed by atoms with Crippen molar-refractivity contribution < 1.29 is 27.2 Å². The van der Waals surface area contributed by atoms with E-state index in [0.717, 1.165) is 24.3 Å². The first-order valence-corrected chi connectivity index (χ1v) is 4.87. The van der Waals surface area contributed by atoms with Crippen molar-refractivity contribution in [1.82, 2.24) is 0 Å². The quantitative estimate of drug-likeness (QED) is 0.477. The molecule has 1 unspecified atom stereocenters. The molecule has 0 radical (unpaired) electrons. The number of rotatable bonds is 4. The average Bonchev–Trinajstić information content (AvgIpc) is 2.80. The molecule has 1 atom stereocenters. The molecular weight excluding hydrogens is 258 g/mol. The summed E-state index contributed by atoms with van der Waals surface area (Å²) in [6, 6.07) is 3.95. The lowest BCUT2D eigenvalue weighted by atomic mass is 10.1. The first kappa shape index (κ1) is 12.7. The van der Waals surface area contributed by atoms with E-state index < -0.39 is 29.5 Å². The number of alkyl halides is 4. The zero-order chi connectivity index (χ0) is 13.6. The lowest BCUT2D eigenvalue weighted by Crippen LogP contribution is -2.23. The standard InChI is InChI=1S/C10H7F4NO3/c11-8(12)18-9(5-10(9,13)14)6-1-3-7(4-2-6)15(16)17/h1-4,8H,5H2. The highest BCUT2D eigenvalue weighted by atomic mass is 19.3. The van der Waals surface area contributed by atoms with Crippen LogP contribution in [0.25, 0.3) is 0 Å². The summed E-state index contributed by atoms with van der Waals surface area (Å²) in [5, 5.41) is 10.4. The number of non-ortho nitro benzene ring substituents is 1. The highest BCUT2D eigenvalue weighted by Gasteiger charge is 2.75. The van der Waals surface area contributed by atoms with E-state index in [1.165, 1.54) is 0 Å².